The van der Waals surface area contributed by atoms with Crippen molar-refractivity contribution in [2.75, 3.05) is 95.0 Å². The van der Waals surface area contributed by atoms with E-state index in [1.807, 2.05) is 19.2 Å². The predicted molar refractivity (Wildman–Crippen MR) is 556 cm³/mol. The minimum absolute atomic E-state index is 0.00779. The molecule has 5 saturated carbocycles. The molecule has 4 aromatic carbocycles. The smallest absolute Gasteiger partial charge is 0.497 e. The Morgan fingerprint density at radius 2 is 0.753 bits per heavy atom. The van der Waals surface area contributed by atoms with Crippen molar-refractivity contribution in [2.24, 2.45) is 35.5 Å². The van der Waals surface area contributed by atoms with Crippen molar-refractivity contribution >= 4 is 104 Å². The van der Waals surface area contributed by atoms with E-state index in [1.165, 1.54) is 74.0 Å². The molecule has 0 amide bonds. The second-order valence-electron chi connectivity index (χ2n) is 36.7. The van der Waals surface area contributed by atoms with E-state index in [0.717, 1.165) is 138 Å². The molecule has 2 aromatic heterocycles. The summed E-state index contributed by atoms with van der Waals surface area (Å²) in [6.45, 7) is 27.8. The Bertz CT molecular complexity index is 4870. The van der Waals surface area contributed by atoms with Gasteiger partial charge in [-0.15, -0.1) is 11.3 Å². The Morgan fingerprint density at radius 1 is 0.384 bits per heavy atom. The third kappa shape index (κ3) is 47.9. The van der Waals surface area contributed by atoms with Crippen LogP contribution >= 0.6 is 11.3 Å². The molecule has 5 aliphatic carbocycles. The fourth-order valence-electron chi connectivity index (χ4n) is 17.1. The Morgan fingerprint density at radius 3 is 1.20 bits per heavy atom. The molecule has 1 unspecified atom stereocenters. The summed E-state index contributed by atoms with van der Waals surface area (Å²) in [5, 5.41) is 1.56. The lowest BCUT2D eigenvalue weighted by atomic mass is 9.80. The summed E-state index contributed by atoms with van der Waals surface area (Å²) in [7, 11) is 8.44. The summed E-state index contributed by atoms with van der Waals surface area (Å²) in [5.41, 5.74) is 2.90. The van der Waals surface area contributed by atoms with E-state index in [1.54, 1.807) is 103 Å². The normalized spacial score (nSPS) is 18.9. The van der Waals surface area contributed by atoms with E-state index in [9.17, 15) is 57.5 Å². The lowest BCUT2D eigenvalue weighted by molar-refractivity contribution is -0.151. The number of methoxy groups -OCH3 is 5. The summed E-state index contributed by atoms with van der Waals surface area (Å²) in [6, 6.07) is 24.7. The number of hydrogen-bond acceptors (Lipinski definition) is 32. The number of esters is 9. The first-order valence-corrected chi connectivity index (χ1v) is 52.5. The van der Waals surface area contributed by atoms with Crippen LogP contribution in [0.15, 0.2) is 153 Å². The fraction of sp³-hybridized carbons (Fsp3) is 0.570. The lowest BCUT2D eigenvalue weighted by Crippen LogP contribution is -2.28. The minimum atomic E-state index is -0.775. The maximum Gasteiger partial charge on any atom is 0.513 e. The molecule has 5 aliphatic rings. The molecule has 0 radical (unpaired) electrons. The molecule has 0 N–H and O–H groups in total. The summed E-state index contributed by atoms with van der Waals surface area (Å²) >= 11 is 1.32. The van der Waals surface area contributed by atoms with Gasteiger partial charge in [-0.2, -0.15) is 0 Å². The largest absolute Gasteiger partial charge is 0.513 e. The van der Waals surface area contributed by atoms with Crippen molar-refractivity contribution in [1.29, 1.82) is 0 Å². The lowest BCUT2D eigenvalue weighted by Gasteiger charge is -2.27. The van der Waals surface area contributed by atoms with Gasteiger partial charge in [0.1, 0.15) is 44.6 Å². The zero-order valence-electron chi connectivity index (χ0n) is 87.3. The van der Waals surface area contributed by atoms with Crippen molar-refractivity contribution < 1.29 is 142 Å². The van der Waals surface area contributed by atoms with E-state index in [4.69, 9.17) is 89.9 Å². The highest BCUT2D eigenvalue weighted by molar-refractivity contribution is 7.22. The third-order valence-electron chi connectivity index (χ3n) is 26.4. The Balaban J connectivity index is 0.000000281. The Kier molecular flexibility index (Phi) is 60.4. The average molecular weight is 2050 g/mol. The van der Waals surface area contributed by atoms with E-state index in [0.29, 0.717) is 209 Å². The molecule has 1 atom stereocenters. The van der Waals surface area contributed by atoms with Crippen LogP contribution in [-0.4, -0.2) is 196 Å². The first kappa shape index (κ1) is 123. The number of rotatable bonds is 52. The molecule has 2 heterocycles. The van der Waals surface area contributed by atoms with Crippen LogP contribution in [0.2, 0.25) is 0 Å². The maximum absolute atomic E-state index is 13.3. The molecule has 6 aromatic rings. The molecular weight excluding hydrogens is 1900 g/mol. The number of unbranched alkanes of at least 4 members (excludes halogenated alkanes) is 9. The van der Waals surface area contributed by atoms with Gasteiger partial charge >= 0.3 is 59.9 Å². The number of carbonyl (C=O) groups excluding carboxylic acids is 12. The highest BCUT2D eigenvalue weighted by Gasteiger charge is 2.35. The topological polar surface area (TPSA) is 388 Å². The first-order valence-electron chi connectivity index (χ1n) is 51.7. The van der Waals surface area contributed by atoms with Crippen LogP contribution in [0, 0.1) is 35.5 Å². The number of nitrogens with zero attached hydrogens (tertiary/aromatic N) is 1. The number of ether oxygens (including phenoxy) is 17. The number of benzene rings is 4. The SMILES string of the molecule is C=CC(=O)OCCCCCCC1CCC(OC)CC1.C=CC(=O)OCCCCCCOC1CCC(OC)CC1.C=CC(=O)OCCCCOC(=O)C1CCC(OC)CC1.C=CC(=O)OCCCCOC(=O)Oc1ccc(OC)cc1.C=CC(=O)OCCCCOC(=O)c1ccc(OC)cc1.CCC(C)c1ccc2oc(-c3nc4c(OC(=O)C5CCC(C(C)=O)CC5)ccc(OC(=O)C5CCC(C(C)=O)CC5)c4s3)cc2c1. The highest BCUT2D eigenvalue weighted by atomic mass is 32.1. The molecule has 0 bridgehead atoms. The number of aromatic nitrogens is 1. The predicted octanol–water partition coefficient (Wildman–Crippen LogP) is 23.3. The molecule has 11 rings (SSSR count). The number of ketones is 2. The highest BCUT2D eigenvalue weighted by Crippen LogP contribution is 2.44. The van der Waals surface area contributed by atoms with Crippen molar-refractivity contribution in [2.45, 2.75) is 289 Å². The summed E-state index contributed by atoms with van der Waals surface area (Å²) < 4.78 is 95.1. The maximum atomic E-state index is 13.3. The van der Waals surface area contributed by atoms with Gasteiger partial charge in [0.25, 0.3) is 0 Å². The molecular formula is C114H157NO30S. The van der Waals surface area contributed by atoms with Crippen LogP contribution in [0.5, 0.6) is 28.7 Å². The van der Waals surface area contributed by atoms with Crippen molar-refractivity contribution in [3.63, 3.8) is 0 Å². The van der Waals surface area contributed by atoms with Crippen LogP contribution in [0.1, 0.15) is 281 Å². The second-order valence-corrected chi connectivity index (χ2v) is 37.7. The number of carbonyl (C=O) groups is 12. The van der Waals surface area contributed by atoms with Gasteiger partial charge in [0.2, 0.25) is 0 Å². The summed E-state index contributed by atoms with van der Waals surface area (Å²) in [4.78, 5) is 144. The standard InChI is InChI=1S/C37H41NO7S.C16H28O4.C16H28O3.C15H18O6.C15H24O5.C15H18O5/c1-5-20(2)27-14-15-29-28(18-27)19-32(43-29)35-38-33-30(44-36(41)25-10-6-23(7-11-25)21(3)39)16-17-31(34(33)46-35)45-37(42)26-12-8-24(9-13-26)22(4)40;1-3-16(17)20-13-7-5-4-6-12-19-15-10-8-14(18-2)9-11-15;1-3-16(17)19-13-7-5-4-6-8-14-9-11-15(18-2)12-10-14;1-3-14(16)19-10-4-5-11-20-15(17)21-13-8-6-12(18-2)7-9-13;2*1-3-14(16)19-10-4-5-11-20-15(17)12-6-8-13(18-2)9-7-12/h14-20,23-26H,5-13H2,1-4H3;3,14-15H,1,4-13H2,2H3;3,14-15H,1,4-13H2,2H3;3,6-9H,1,4-5,10-11H2,2H3;3,12-13H,1,4-11H2,2H3;3,6-9H,1,4-5,10-11H2,2H3. The molecule has 804 valence electrons. The summed E-state index contributed by atoms with van der Waals surface area (Å²) in [5.74, 6) is 0.974. The minimum Gasteiger partial charge on any atom is -0.497 e. The van der Waals surface area contributed by atoms with Gasteiger partial charge in [-0.3, -0.25) is 24.0 Å². The summed E-state index contributed by atoms with van der Waals surface area (Å²) in [6.07, 6.45) is 40.0. The van der Waals surface area contributed by atoms with Crippen LogP contribution in [0.3, 0.4) is 0 Å². The first-order chi connectivity index (χ1) is 70.6. The Hall–Kier alpha value is -11.7. The zero-order valence-corrected chi connectivity index (χ0v) is 88.1. The molecule has 5 fully saturated rings. The van der Waals surface area contributed by atoms with Gasteiger partial charge < -0.3 is 84.9 Å². The van der Waals surface area contributed by atoms with Gasteiger partial charge in [-0.25, -0.2) is 38.5 Å². The Labute approximate surface area is 865 Å². The van der Waals surface area contributed by atoms with Crippen LogP contribution < -0.4 is 23.7 Å². The molecule has 0 aliphatic heterocycles. The van der Waals surface area contributed by atoms with Crippen molar-refractivity contribution in [3.8, 4) is 39.5 Å². The monoisotopic (exact) mass is 2050 g/mol. The van der Waals surface area contributed by atoms with Crippen LogP contribution in [0.25, 0.3) is 32.0 Å². The van der Waals surface area contributed by atoms with Gasteiger partial charge in [-0.05, 0) is 309 Å². The third-order valence-corrected chi connectivity index (χ3v) is 27.5. The molecule has 0 spiro atoms. The number of thiazole rings is 1. The quantitative estimate of drug-likeness (QED) is 0.00854. The van der Waals surface area contributed by atoms with Gasteiger partial charge in [-0.1, -0.05) is 84.9 Å². The molecule has 32 heteroatoms. The number of hydrogen-bond donors (Lipinski definition) is 0. The van der Waals surface area contributed by atoms with Crippen molar-refractivity contribution in [1.82, 2.24) is 4.98 Å². The van der Waals surface area contributed by atoms with Crippen molar-refractivity contribution in [3.05, 3.63) is 159 Å². The average Bonchev–Trinajstić information content (AvgIpc) is 1.61. The van der Waals surface area contributed by atoms with Crippen LogP contribution in [-0.2, 0) is 105 Å². The van der Waals surface area contributed by atoms with Gasteiger partial charge in [0.15, 0.2) is 22.3 Å². The van der Waals surface area contributed by atoms with E-state index >= 15 is 0 Å². The van der Waals surface area contributed by atoms with Gasteiger partial charge in [0.05, 0.1) is 115 Å². The van der Waals surface area contributed by atoms with E-state index in [2.05, 4.69) is 58.9 Å². The van der Waals surface area contributed by atoms with E-state index < -0.39 is 24.1 Å². The molecule has 0 saturated heterocycles. The number of Topliss-reactive ketones (excluding diaryl/α,β-unsaturated/α-hetero) is 2. The molecule has 146 heavy (non-hydrogen) atoms. The fourth-order valence-corrected chi connectivity index (χ4v) is 18.1. The number of furan rings is 1. The van der Waals surface area contributed by atoms with E-state index in [-0.39, 0.29) is 96.8 Å². The number of fused-ring (bicyclic) bond motifs is 2. The zero-order chi connectivity index (χ0) is 106. The van der Waals surface area contributed by atoms with Gasteiger partial charge in [0, 0.05) is 75.5 Å². The second kappa shape index (κ2) is 71.8. The molecule has 31 nitrogen and oxygen atoms in total. The van der Waals surface area contributed by atoms with Crippen LogP contribution in [0.4, 0.5) is 4.79 Å².